The summed E-state index contributed by atoms with van der Waals surface area (Å²) < 4.78 is 0. The quantitative estimate of drug-likeness (QED) is 0.453. The first-order chi connectivity index (χ1) is 9.87. The lowest BCUT2D eigenvalue weighted by Gasteiger charge is -2.35. The molecule has 2 rings (SSSR count). The third-order valence-electron chi connectivity index (χ3n) is 3.98. The molecule has 1 aliphatic carbocycles. The van der Waals surface area contributed by atoms with Crippen LogP contribution in [0.4, 0.5) is 5.69 Å². The number of phenolic OH excluding ortho intramolecular Hbond substituents is 1. The number of aliphatic imine (C=N–C) groups is 2. The molecule has 1 aromatic rings. The molecular formula is C16H22N4O. The zero-order valence-corrected chi connectivity index (χ0v) is 13.0. The summed E-state index contributed by atoms with van der Waals surface area (Å²) in [5.41, 5.74) is 10.2. The van der Waals surface area contributed by atoms with E-state index >= 15 is 0 Å². The maximum Gasteiger partial charge on any atom is 0.138 e. The predicted octanol–water partition coefficient (Wildman–Crippen LogP) is 2.41. The molecule has 0 amide bonds. The molecule has 0 heterocycles. The molecule has 0 saturated carbocycles. The summed E-state index contributed by atoms with van der Waals surface area (Å²) in [5, 5.41) is 13.1. The molecule has 1 aromatic carbocycles. The number of benzene rings is 1. The van der Waals surface area contributed by atoms with Gasteiger partial charge in [-0.3, -0.25) is 9.98 Å². The fourth-order valence-corrected chi connectivity index (χ4v) is 3.05. The highest BCUT2D eigenvalue weighted by atomic mass is 16.3. The van der Waals surface area contributed by atoms with E-state index in [-0.39, 0.29) is 11.2 Å². The van der Waals surface area contributed by atoms with Gasteiger partial charge in [-0.2, -0.15) is 0 Å². The summed E-state index contributed by atoms with van der Waals surface area (Å²) in [6.45, 7) is 7.88. The van der Waals surface area contributed by atoms with E-state index in [2.05, 4.69) is 35.9 Å². The highest BCUT2D eigenvalue weighted by Gasteiger charge is 2.36. The molecular weight excluding hydrogens is 264 g/mol. The number of rotatable bonds is 3. The second-order valence-corrected chi connectivity index (χ2v) is 5.79. The van der Waals surface area contributed by atoms with Crippen molar-refractivity contribution in [3.05, 3.63) is 28.8 Å². The van der Waals surface area contributed by atoms with E-state index in [0.29, 0.717) is 5.84 Å². The fourth-order valence-electron chi connectivity index (χ4n) is 3.05. The van der Waals surface area contributed by atoms with Crippen molar-refractivity contribution in [2.45, 2.75) is 20.3 Å². The van der Waals surface area contributed by atoms with Crippen LogP contribution >= 0.6 is 0 Å². The van der Waals surface area contributed by atoms with Crippen molar-refractivity contribution in [1.29, 1.82) is 0 Å². The number of amidine groups is 1. The molecule has 21 heavy (non-hydrogen) atoms. The smallest absolute Gasteiger partial charge is 0.138 e. The van der Waals surface area contributed by atoms with E-state index in [4.69, 9.17) is 5.73 Å². The molecule has 0 unspecified atom stereocenters. The number of nitrogens with two attached hydrogens (primary N) is 1. The van der Waals surface area contributed by atoms with Crippen LogP contribution in [-0.4, -0.2) is 31.8 Å². The number of hydrogen-bond acceptors (Lipinski definition) is 4. The zero-order chi connectivity index (χ0) is 15.8. The second kappa shape index (κ2) is 5.24. The normalized spacial score (nSPS) is 17.4. The van der Waals surface area contributed by atoms with Crippen molar-refractivity contribution >= 4 is 23.9 Å². The van der Waals surface area contributed by atoms with Gasteiger partial charge in [0.2, 0.25) is 0 Å². The van der Waals surface area contributed by atoms with Crippen LogP contribution in [-0.2, 0) is 6.42 Å². The van der Waals surface area contributed by atoms with Gasteiger partial charge in [0.05, 0.1) is 11.4 Å². The van der Waals surface area contributed by atoms with Gasteiger partial charge in [0, 0.05) is 25.2 Å². The Bertz CT molecular complexity index is 656. The second-order valence-electron chi connectivity index (χ2n) is 5.79. The minimum atomic E-state index is -0.244. The van der Waals surface area contributed by atoms with Crippen molar-refractivity contribution in [2.24, 2.45) is 21.1 Å². The lowest BCUT2D eigenvalue weighted by atomic mass is 9.70. The third kappa shape index (κ3) is 2.28. The van der Waals surface area contributed by atoms with Gasteiger partial charge < -0.3 is 16.2 Å². The Kier molecular flexibility index (Phi) is 3.77. The van der Waals surface area contributed by atoms with Gasteiger partial charge in [0.25, 0.3) is 0 Å². The van der Waals surface area contributed by atoms with Gasteiger partial charge in [-0.15, -0.1) is 0 Å². The number of anilines is 1. The van der Waals surface area contributed by atoms with Crippen molar-refractivity contribution in [3.8, 4) is 5.75 Å². The summed E-state index contributed by atoms with van der Waals surface area (Å²) >= 11 is 0. The van der Waals surface area contributed by atoms with Crippen LogP contribution in [0.2, 0.25) is 0 Å². The van der Waals surface area contributed by atoms with Crippen LogP contribution in [0.25, 0.3) is 5.70 Å². The summed E-state index contributed by atoms with van der Waals surface area (Å²) in [4.78, 5) is 8.32. The van der Waals surface area contributed by atoms with Gasteiger partial charge in [-0.25, -0.2) is 0 Å². The molecule has 5 nitrogen and oxygen atoms in total. The molecule has 0 radical (unpaired) electrons. The maximum absolute atomic E-state index is 10.0. The molecule has 0 atom stereocenters. The first kappa shape index (κ1) is 15.1. The van der Waals surface area contributed by atoms with E-state index in [1.54, 1.807) is 20.2 Å². The Morgan fingerprint density at radius 3 is 2.62 bits per heavy atom. The third-order valence-corrected chi connectivity index (χ3v) is 3.98. The van der Waals surface area contributed by atoms with Gasteiger partial charge >= 0.3 is 0 Å². The average Bonchev–Trinajstić information content (AvgIpc) is 2.44. The molecule has 0 spiro atoms. The Morgan fingerprint density at radius 2 is 2.10 bits per heavy atom. The molecule has 1 aliphatic rings. The minimum absolute atomic E-state index is 0.232. The molecule has 0 aromatic heterocycles. The number of hydrogen-bond donors (Lipinski definition) is 3. The molecule has 112 valence electrons. The standard InChI is InChI=1S/C16H22N4O/c1-16(2)8-10-9(6-7-11(21)13(10)18-3)14(19-4)12(16)15(17)20-5/h6-7,18,21H,4,8H2,1-3,5H3,(H2,17,20). The average molecular weight is 286 g/mol. The van der Waals surface area contributed by atoms with Gasteiger partial charge in [0.15, 0.2) is 0 Å². The molecule has 0 fully saturated rings. The SMILES string of the molecule is C=NC1=C(C(N)=NC)C(C)(C)Cc2c1ccc(O)c2NC. The van der Waals surface area contributed by atoms with E-state index in [0.717, 1.165) is 34.5 Å². The van der Waals surface area contributed by atoms with Crippen LogP contribution in [0, 0.1) is 5.41 Å². The number of fused-ring (bicyclic) bond motifs is 1. The Morgan fingerprint density at radius 1 is 1.43 bits per heavy atom. The Labute approximate surface area is 125 Å². The van der Waals surface area contributed by atoms with Crippen LogP contribution in [0.3, 0.4) is 0 Å². The first-order valence-corrected chi connectivity index (χ1v) is 6.84. The summed E-state index contributed by atoms with van der Waals surface area (Å²) in [7, 11) is 3.47. The van der Waals surface area contributed by atoms with Crippen LogP contribution in [0.5, 0.6) is 5.75 Å². The van der Waals surface area contributed by atoms with E-state index in [9.17, 15) is 5.11 Å². The van der Waals surface area contributed by atoms with Crippen LogP contribution in [0.1, 0.15) is 25.0 Å². The highest BCUT2D eigenvalue weighted by molar-refractivity contribution is 6.06. The lowest BCUT2D eigenvalue weighted by Crippen LogP contribution is -2.33. The summed E-state index contributed by atoms with van der Waals surface area (Å²) in [6.07, 6.45) is 0.734. The highest BCUT2D eigenvalue weighted by Crippen LogP contribution is 2.47. The lowest BCUT2D eigenvalue weighted by molar-refractivity contribution is 0.449. The predicted molar refractivity (Wildman–Crippen MR) is 89.2 cm³/mol. The van der Waals surface area contributed by atoms with Gasteiger partial charge in [-0.05, 0) is 36.2 Å². The molecule has 0 saturated heterocycles. The van der Waals surface area contributed by atoms with E-state index in [1.807, 2.05) is 6.07 Å². The van der Waals surface area contributed by atoms with Crippen molar-refractivity contribution in [3.63, 3.8) is 0 Å². The van der Waals surface area contributed by atoms with Crippen molar-refractivity contribution in [1.82, 2.24) is 0 Å². The maximum atomic E-state index is 10.0. The van der Waals surface area contributed by atoms with Crippen LogP contribution < -0.4 is 11.1 Å². The number of phenols is 1. The number of nitrogens with zero attached hydrogens (tertiary/aromatic N) is 2. The molecule has 0 bridgehead atoms. The fraction of sp³-hybridized carbons (Fsp3) is 0.375. The topological polar surface area (TPSA) is 83.0 Å². The first-order valence-electron chi connectivity index (χ1n) is 6.84. The van der Waals surface area contributed by atoms with E-state index in [1.165, 1.54) is 0 Å². The summed E-state index contributed by atoms with van der Waals surface area (Å²) in [5.74, 6) is 0.711. The zero-order valence-electron chi connectivity index (χ0n) is 13.0. The minimum Gasteiger partial charge on any atom is -0.506 e. The van der Waals surface area contributed by atoms with E-state index < -0.39 is 0 Å². The Balaban J connectivity index is 2.85. The molecule has 5 heteroatoms. The van der Waals surface area contributed by atoms with Gasteiger partial charge in [0.1, 0.15) is 11.6 Å². The number of aromatic hydroxyl groups is 1. The largest absolute Gasteiger partial charge is 0.506 e. The number of nitrogens with one attached hydrogen (secondary N) is 1. The molecule has 4 N–H and O–H groups in total. The molecule has 0 aliphatic heterocycles. The summed E-state index contributed by atoms with van der Waals surface area (Å²) in [6, 6.07) is 3.51. The Hall–Kier alpha value is -2.30. The van der Waals surface area contributed by atoms with Gasteiger partial charge in [-0.1, -0.05) is 13.8 Å². The van der Waals surface area contributed by atoms with Crippen molar-refractivity contribution in [2.75, 3.05) is 19.4 Å². The van der Waals surface area contributed by atoms with Crippen LogP contribution in [0.15, 0.2) is 27.7 Å². The monoisotopic (exact) mass is 286 g/mol. The van der Waals surface area contributed by atoms with Crippen molar-refractivity contribution < 1.29 is 5.11 Å².